The van der Waals surface area contributed by atoms with Gasteiger partial charge in [-0.05, 0) is 47.0 Å². The van der Waals surface area contributed by atoms with Crippen LogP contribution in [0, 0.1) is 0 Å². The lowest BCUT2D eigenvalue weighted by Gasteiger charge is -2.11. The summed E-state index contributed by atoms with van der Waals surface area (Å²) in [6, 6.07) is 14.1. The first-order valence-corrected chi connectivity index (χ1v) is 6.86. The molecule has 0 aliphatic rings. The third-order valence-electron chi connectivity index (χ3n) is 3.30. The average Bonchev–Trinajstić information content (AvgIpc) is 2.52. The van der Waals surface area contributed by atoms with Crippen molar-refractivity contribution in [3.05, 3.63) is 53.6 Å². The number of aliphatic hydroxyl groups excluding tert-OH is 1. The smallest absolute Gasteiger partial charge is 0.119 e. The lowest BCUT2D eigenvalue weighted by atomic mass is 9.98. The van der Waals surface area contributed by atoms with Crippen LogP contribution in [0.4, 0.5) is 0 Å². The molecule has 0 aliphatic heterocycles. The highest BCUT2D eigenvalue weighted by Crippen LogP contribution is 2.28. The molecule has 2 aromatic rings. The molecule has 0 heterocycles. The number of nitrogens with one attached hydrogen (secondary N) is 1. The van der Waals surface area contributed by atoms with Crippen molar-refractivity contribution in [2.75, 3.05) is 13.7 Å². The van der Waals surface area contributed by atoms with Crippen molar-refractivity contribution in [3.63, 3.8) is 0 Å². The van der Waals surface area contributed by atoms with Gasteiger partial charge in [0.05, 0.1) is 13.7 Å². The average molecular weight is 271 g/mol. The van der Waals surface area contributed by atoms with E-state index in [4.69, 9.17) is 4.74 Å². The topological polar surface area (TPSA) is 41.5 Å². The van der Waals surface area contributed by atoms with E-state index in [0.717, 1.165) is 35.5 Å². The van der Waals surface area contributed by atoms with E-state index in [-0.39, 0.29) is 6.61 Å². The van der Waals surface area contributed by atoms with Crippen LogP contribution < -0.4 is 10.1 Å². The first-order valence-electron chi connectivity index (χ1n) is 6.86. The summed E-state index contributed by atoms with van der Waals surface area (Å²) in [5.74, 6) is 0.800. The van der Waals surface area contributed by atoms with Gasteiger partial charge in [-0.3, -0.25) is 0 Å². The van der Waals surface area contributed by atoms with Crippen molar-refractivity contribution < 1.29 is 9.84 Å². The van der Waals surface area contributed by atoms with Crippen LogP contribution in [-0.2, 0) is 13.2 Å². The summed E-state index contributed by atoms with van der Waals surface area (Å²) in [5.41, 5.74) is 4.26. The molecule has 0 radical (unpaired) electrons. The molecule has 3 heteroatoms. The van der Waals surface area contributed by atoms with E-state index in [1.807, 2.05) is 24.3 Å². The van der Waals surface area contributed by atoms with E-state index >= 15 is 0 Å². The van der Waals surface area contributed by atoms with Gasteiger partial charge in [0, 0.05) is 6.54 Å². The fourth-order valence-corrected chi connectivity index (χ4v) is 2.21. The summed E-state index contributed by atoms with van der Waals surface area (Å²) in [4.78, 5) is 0. The number of benzene rings is 2. The van der Waals surface area contributed by atoms with Crippen LogP contribution in [0.5, 0.6) is 5.75 Å². The summed E-state index contributed by atoms with van der Waals surface area (Å²) < 4.78 is 5.28. The predicted octanol–water partition coefficient (Wildman–Crippen LogP) is 2.96. The first kappa shape index (κ1) is 14.6. The molecule has 3 nitrogen and oxygen atoms in total. The maximum absolute atomic E-state index is 9.50. The SMILES string of the molecule is CCNCc1cccc(-c2cc(OC)ccc2CO)c1. The fourth-order valence-electron chi connectivity index (χ4n) is 2.21. The number of aliphatic hydroxyl groups is 1. The molecule has 0 unspecified atom stereocenters. The van der Waals surface area contributed by atoms with Crippen molar-refractivity contribution in [2.24, 2.45) is 0 Å². The monoisotopic (exact) mass is 271 g/mol. The standard InChI is InChI=1S/C17H21NO2/c1-3-18-11-13-5-4-6-14(9-13)17-10-16(20-2)8-7-15(17)12-19/h4-10,18-19H,3,11-12H2,1-2H3. The molecule has 2 rings (SSSR count). The van der Waals surface area contributed by atoms with Gasteiger partial charge in [0.15, 0.2) is 0 Å². The van der Waals surface area contributed by atoms with Gasteiger partial charge in [-0.2, -0.15) is 0 Å². The van der Waals surface area contributed by atoms with Crippen LogP contribution in [0.1, 0.15) is 18.1 Å². The first-order chi connectivity index (χ1) is 9.78. The molecule has 106 valence electrons. The van der Waals surface area contributed by atoms with Crippen molar-refractivity contribution in [2.45, 2.75) is 20.1 Å². The lowest BCUT2D eigenvalue weighted by Crippen LogP contribution is -2.11. The van der Waals surface area contributed by atoms with E-state index in [1.165, 1.54) is 5.56 Å². The minimum absolute atomic E-state index is 0.0246. The normalized spacial score (nSPS) is 10.6. The summed E-state index contributed by atoms with van der Waals surface area (Å²) in [6.07, 6.45) is 0. The zero-order valence-corrected chi connectivity index (χ0v) is 12.0. The van der Waals surface area contributed by atoms with Crippen LogP contribution in [0.2, 0.25) is 0 Å². The summed E-state index contributed by atoms with van der Waals surface area (Å²) >= 11 is 0. The molecule has 0 bridgehead atoms. The molecule has 2 N–H and O–H groups in total. The van der Waals surface area contributed by atoms with Crippen LogP contribution in [0.25, 0.3) is 11.1 Å². The van der Waals surface area contributed by atoms with E-state index in [0.29, 0.717) is 0 Å². The predicted molar refractivity (Wildman–Crippen MR) is 81.7 cm³/mol. The highest BCUT2D eigenvalue weighted by atomic mass is 16.5. The second-order valence-corrected chi connectivity index (χ2v) is 4.66. The number of hydrogen-bond acceptors (Lipinski definition) is 3. The highest BCUT2D eigenvalue weighted by Gasteiger charge is 2.07. The molecule has 0 saturated carbocycles. The Labute approximate surface area is 120 Å². The second-order valence-electron chi connectivity index (χ2n) is 4.66. The zero-order chi connectivity index (χ0) is 14.4. The Morgan fingerprint density at radius 1 is 1.15 bits per heavy atom. The van der Waals surface area contributed by atoms with Crippen molar-refractivity contribution in [1.82, 2.24) is 5.32 Å². The number of methoxy groups -OCH3 is 1. The third kappa shape index (κ3) is 3.38. The Morgan fingerprint density at radius 2 is 2.00 bits per heavy atom. The Balaban J connectivity index is 2.39. The molecule has 0 amide bonds. The van der Waals surface area contributed by atoms with Crippen LogP contribution in [-0.4, -0.2) is 18.8 Å². The molecule has 20 heavy (non-hydrogen) atoms. The summed E-state index contributed by atoms with van der Waals surface area (Å²) in [6.45, 7) is 3.92. The molecule has 2 aromatic carbocycles. The largest absolute Gasteiger partial charge is 0.497 e. The molecule has 0 saturated heterocycles. The molecule has 0 aromatic heterocycles. The minimum atomic E-state index is 0.0246. The van der Waals surface area contributed by atoms with Gasteiger partial charge >= 0.3 is 0 Å². The van der Waals surface area contributed by atoms with Crippen LogP contribution in [0.15, 0.2) is 42.5 Å². The Hall–Kier alpha value is -1.84. The van der Waals surface area contributed by atoms with Crippen LogP contribution >= 0.6 is 0 Å². The fraction of sp³-hybridized carbons (Fsp3) is 0.294. The molecule has 0 aliphatic carbocycles. The van der Waals surface area contributed by atoms with Gasteiger partial charge in [-0.25, -0.2) is 0 Å². The molecule has 0 spiro atoms. The van der Waals surface area contributed by atoms with Crippen molar-refractivity contribution >= 4 is 0 Å². The molecule has 0 fully saturated rings. The zero-order valence-electron chi connectivity index (χ0n) is 12.0. The van der Waals surface area contributed by atoms with Crippen LogP contribution in [0.3, 0.4) is 0 Å². The van der Waals surface area contributed by atoms with Gasteiger partial charge < -0.3 is 15.2 Å². The number of ether oxygens (including phenoxy) is 1. The lowest BCUT2D eigenvalue weighted by molar-refractivity contribution is 0.282. The Morgan fingerprint density at radius 3 is 2.70 bits per heavy atom. The Bertz CT molecular complexity index is 567. The van der Waals surface area contributed by atoms with E-state index < -0.39 is 0 Å². The summed E-state index contributed by atoms with van der Waals surface area (Å²) in [7, 11) is 1.65. The number of hydrogen-bond donors (Lipinski definition) is 2. The van der Waals surface area contributed by atoms with Crippen molar-refractivity contribution in [1.29, 1.82) is 0 Å². The maximum Gasteiger partial charge on any atom is 0.119 e. The van der Waals surface area contributed by atoms with Crippen molar-refractivity contribution in [3.8, 4) is 16.9 Å². The quantitative estimate of drug-likeness (QED) is 0.848. The number of rotatable bonds is 6. The van der Waals surface area contributed by atoms with Gasteiger partial charge in [0.25, 0.3) is 0 Å². The summed E-state index contributed by atoms with van der Waals surface area (Å²) in [5, 5.41) is 12.8. The van der Waals surface area contributed by atoms with Gasteiger partial charge in [0.1, 0.15) is 5.75 Å². The second kappa shape index (κ2) is 7.08. The molecular weight excluding hydrogens is 250 g/mol. The van der Waals surface area contributed by atoms with Gasteiger partial charge in [-0.15, -0.1) is 0 Å². The van der Waals surface area contributed by atoms with Gasteiger partial charge in [0.2, 0.25) is 0 Å². The van der Waals surface area contributed by atoms with E-state index in [2.05, 4.69) is 30.4 Å². The minimum Gasteiger partial charge on any atom is -0.497 e. The maximum atomic E-state index is 9.50. The Kier molecular flexibility index (Phi) is 5.16. The highest BCUT2D eigenvalue weighted by molar-refractivity contribution is 5.69. The molecule has 0 atom stereocenters. The van der Waals surface area contributed by atoms with Gasteiger partial charge in [-0.1, -0.05) is 31.2 Å². The molecular formula is C17H21NO2. The van der Waals surface area contributed by atoms with E-state index in [9.17, 15) is 5.11 Å². The van der Waals surface area contributed by atoms with E-state index in [1.54, 1.807) is 7.11 Å². The third-order valence-corrected chi connectivity index (χ3v) is 3.30.